The Morgan fingerprint density at radius 2 is 2.41 bits per heavy atom. The minimum Gasteiger partial charge on any atom is -0.390 e. The van der Waals surface area contributed by atoms with Crippen LogP contribution in [0.1, 0.15) is 28.1 Å². The summed E-state index contributed by atoms with van der Waals surface area (Å²) < 4.78 is 13.7. The maximum atomic E-state index is 11.1. The molecule has 0 aliphatic heterocycles. The number of amides is 2. The van der Waals surface area contributed by atoms with E-state index in [-0.39, 0.29) is 6.54 Å². The Hall–Kier alpha value is -1.08. The van der Waals surface area contributed by atoms with E-state index in [1.165, 1.54) is 5.01 Å². The lowest BCUT2D eigenvalue weighted by atomic mass is 10.0. The Balaban J connectivity index is 4.44. The van der Waals surface area contributed by atoms with Crippen molar-refractivity contribution in [2.45, 2.75) is 38.8 Å². The standard InChI is InChI=1S/C10H21BN3O3/c1-3-5-14(12-7-15)6-9(16)8(4-2)13-10(11)17/h7-9,11,16H,3-6H2,1-2H3,(H,12,15)(H,13,17)/i7T,11T. The van der Waals surface area contributed by atoms with E-state index in [2.05, 4.69) is 10.7 Å². The van der Waals surface area contributed by atoms with E-state index in [1.54, 1.807) is 6.92 Å². The van der Waals surface area contributed by atoms with Crippen molar-refractivity contribution < 1.29 is 16.1 Å². The van der Waals surface area contributed by atoms with Crippen molar-refractivity contribution in [3.8, 4) is 0 Å². The molecule has 0 heterocycles. The molecule has 17 heavy (non-hydrogen) atoms. The molecule has 0 saturated carbocycles. The molecule has 0 aliphatic rings. The predicted octanol–water partition coefficient (Wildman–Crippen LogP) is -0.891. The highest BCUT2D eigenvalue weighted by molar-refractivity contribution is 6.57. The van der Waals surface area contributed by atoms with Crippen molar-refractivity contribution in [3.63, 3.8) is 0 Å². The van der Waals surface area contributed by atoms with Gasteiger partial charge in [0.2, 0.25) is 14.2 Å². The zero-order valence-electron chi connectivity index (χ0n) is 12.3. The molecule has 0 fully saturated rings. The van der Waals surface area contributed by atoms with Gasteiger partial charge in [-0.1, -0.05) is 13.8 Å². The molecule has 6 nitrogen and oxygen atoms in total. The number of hydrogen-bond acceptors (Lipinski definition) is 4. The van der Waals surface area contributed by atoms with E-state index in [1.807, 2.05) is 6.92 Å². The minimum absolute atomic E-state index is 0.106. The third-order valence-corrected chi connectivity index (χ3v) is 2.34. The third kappa shape index (κ3) is 6.96. The third-order valence-electron chi connectivity index (χ3n) is 2.34. The number of aliphatic hydroxyl groups is 1. The van der Waals surface area contributed by atoms with Gasteiger partial charge in [-0.05, 0) is 14.2 Å². The highest BCUT2D eigenvalue weighted by atomic mass is 16.3. The SMILES string of the molecule is [3H][B]C(=O)NC(CC)C(O)CN(CCC)NC([3H])=O. The summed E-state index contributed by atoms with van der Waals surface area (Å²) in [7, 11) is 0.644. The Labute approximate surface area is 106 Å². The topological polar surface area (TPSA) is 81.7 Å². The molecular weight excluding hydrogens is 221 g/mol. The maximum absolute atomic E-state index is 11.1. The lowest BCUT2D eigenvalue weighted by Gasteiger charge is -2.28. The Bertz CT molecular complexity index is 297. The van der Waals surface area contributed by atoms with Gasteiger partial charge < -0.3 is 10.4 Å². The summed E-state index contributed by atoms with van der Waals surface area (Å²) in [6, 6.07) is -0.504. The van der Waals surface area contributed by atoms with E-state index in [4.69, 9.17) is 2.71 Å². The van der Waals surface area contributed by atoms with Crippen LogP contribution in [-0.4, -0.2) is 56.7 Å². The summed E-state index contributed by atoms with van der Waals surface area (Å²) in [6.45, 7) is 4.31. The number of hydrazine groups is 1. The van der Waals surface area contributed by atoms with Gasteiger partial charge in [0.25, 0.3) is 0 Å². The minimum atomic E-state index is -0.947. The van der Waals surface area contributed by atoms with Crippen LogP contribution in [0.15, 0.2) is 0 Å². The fourth-order valence-corrected chi connectivity index (χ4v) is 1.53. The summed E-state index contributed by atoms with van der Waals surface area (Å²) in [6.07, 6.45) is -0.601. The van der Waals surface area contributed by atoms with Gasteiger partial charge in [-0.3, -0.25) is 15.0 Å². The quantitative estimate of drug-likeness (QED) is 0.280. The molecule has 0 aliphatic carbocycles. The number of carbonyl (C=O) groups is 2. The molecular formula is C10H21BN3O3. The molecule has 0 aromatic carbocycles. The number of nitrogens with zero attached hydrogens (tertiary/aromatic N) is 1. The average Bonchev–Trinajstić information content (AvgIpc) is 2.34. The summed E-state index contributed by atoms with van der Waals surface area (Å²) in [5.74, 6) is -0.572. The summed E-state index contributed by atoms with van der Waals surface area (Å²) >= 11 is 0. The highest BCUT2D eigenvalue weighted by Gasteiger charge is 2.20. The zero-order valence-corrected chi connectivity index (χ0v) is 10.3. The van der Waals surface area contributed by atoms with Gasteiger partial charge in [-0.2, -0.15) is 0 Å². The molecule has 0 aromatic rings. The lowest BCUT2D eigenvalue weighted by Crippen LogP contribution is -2.51. The van der Waals surface area contributed by atoms with Crippen molar-refractivity contribution in [3.05, 3.63) is 0 Å². The van der Waals surface area contributed by atoms with Crippen molar-refractivity contribution in [1.82, 2.24) is 15.8 Å². The first-order chi connectivity index (χ1) is 8.94. The number of rotatable bonds is 9. The fraction of sp³-hybridized carbons (Fsp3) is 0.800. The molecule has 0 rings (SSSR count). The van der Waals surface area contributed by atoms with Gasteiger partial charge in [0.05, 0.1) is 12.1 Å². The summed E-state index contributed by atoms with van der Waals surface area (Å²) in [5, 5.41) is 14.0. The van der Waals surface area contributed by atoms with Gasteiger partial charge in [-0.25, -0.2) is 5.01 Å². The van der Waals surface area contributed by atoms with Crippen LogP contribution in [0.3, 0.4) is 0 Å². The van der Waals surface area contributed by atoms with E-state index in [0.29, 0.717) is 20.8 Å². The summed E-state index contributed by atoms with van der Waals surface area (Å²) in [4.78, 5) is 21.8. The van der Waals surface area contributed by atoms with Crippen LogP contribution in [0.5, 0.6) is 0 Å². The van der Waals surface area contributed by atoms with Crippen LogP contribution in [-0.2, 0) is 4.79 Å². The van der Waals surface area contributed by atoms with E-state index in [0.717, 1.165) is 6.42 Å². The lowest BCUT2D eigenvalue weighted by molar-refractivity contribution is -0.114. The van der Waals surface area contributed by atoms with E-state index < -0.39 is 24.3 Å². The molecule has 0 bridgehead atoms. The predicted molar refractivity (Wildman–Crippen MR) is 66.8 cm³/mol. The maximum Gasteiger partial charge on any atom is 0.221 e. The van der Waals surface area contributed by atoms with Crippen molar-refractivity contribution in [2.75, 3.05) is 13.1 Å². The van der Waals surface area contributed by atoms with Crippen LogP contribution < -0.4 is 10.7 Å². The molecule has 0 spiro atoms. The first-order valence-electron chi connectivity index (χ1n) is 6.74. The molecule has 2 unspecified atom stereocenters. The van der Waals surface area contributed by atoms with Crippen LogP contribution in [0, 0.1) is 0 Å². The highest BCUT2D eigenvalue weighted by Crippen LogP contribution is 2.01. The number of carbonyl (C=O) groups excluding carboxylic acids is 2. The smallest absolute Gasteiger partial charge is 0.221 e. The van der Waals surface area contributed by atoms with Crippen LogP contribution in [0.25, 0.3) is 0 Å². The average molecular weight is 246 g/mol. The Morgan fingerprint density at radius 3 is 2.88 bits per heavy atom. The molecule has 0 saturated heterocycles. The molecule has 0 aromatic heterocycles. The van der Waals surface area contributed by atoms with Crippen molar-refractivity contribution >= 4 is 20.0 Å². The molecule has 7 heteroatoms. The van der Waals surface area contributed by atoms with Crippen LogP contribution in [0.2, 0.25) is 0 Å². The molecule has 2 amide bonds. The van der Waals surface area contributed by atoms with Gasteiger partial charge in [0, 0.05) is 13.1 Å². The van der Waals surface area contributed by atoms with Gasteiger partial charge in [0.1, 0.15) is 1.37 Å². The second kappa shape index (κ2) is 9.01. The first-order valence-corrected chi connectivity index (χ1v) is 5.66. The van der Waals surface area contributed by atoms with Crippen LogP contribution >= 0.6 is 0 Å². The monoisotopic (exact) mass is 246 g/mol. The first kappa shape index (κ1) is 12.4. The largest absolute Gasteiger partial charge is 0.390 e. The van der Waals surface area contributed by atoms with Gasteiger partial charge in [0.15, 0.2) is 5.81 Å². The second-order valence-corrected chi connectivity index (χ2v) is 3.75. The fourth-order valence-electron chi connectivity index (χ4n) is 1.53. The molecule has 1 radical (unpaired) electrons. The molecule has 97 valence electrons. The summed E-state index contributed by atoms with van der Waals surface area (Å²) in [5.41, 5.74) is 2.30. The number of hydrogen-bond donors (Lipinski definition) is 3. The van der Waals surface area contributed by atoms with Gasteiger partial charge >= 0.3 is 0 Å². The molecule has 3 N–H and O–H groups in total. The molecule has 2 atom stereocenters. The normalized spacial score (nSPS) is 15.5. The number of nitrogens with one attached hydrogen (secondary N) is 2. The van der Waals surface area contributed by atoms with Crippen LogP contribution in [0.4, 0.5) is 4.79 Å². The van der Waals surface area contributed by atoms with Crippen molar-refractivity contribution in [1.29, 1.82) is 1.34 Å². The van der Waals surface area contributed by atoms with E-state index >= 15 is 0 Å². The second-order valence-electron chi connectivity index (χ2n) is 3.75. The Kier molecular flexibility index (Phi) is 6.56. The Morgan fingerprint density at radius 1 is 1.71 bits per heavy atom. The van der Waals surface area contributed by atoms with Gasteiger partial charge in [-0.15, -0.1) is 0 Å². The van der Waals surface area contributed by atoms with Crippen molar-refractivity contribution in [2.24, 2.45) is 0 Å². The number of aliphatic hydroxyl groups excluding tert-OH is 1. The van der Waals surface area contributed by atoms with E-state index in [9.17, 15) is 14.7 Å². The zero-order chi connectivity index (χ0) is 14.8.